The van der Waals surface area contributed by atoms with E-state index >= 15 is 0 Å². The second kappa shape index (κ2) is 7.45. The molecule has 1 saturated heterocycles. The molecule has 7 nitrogen and oxygen atoms in total. The molecule has 2 aromatic rings. The maximum Gasteiger partial charge on any atom is 0.243 e. The summed E-state index contributed by atoms with van der Waals surface area (Å²) in [6, 6.07) is 12.0. The van der Waals surface area contributed by atoms with E-state index in [1.807, 2.05) is 4.90 Å². The van der Waals surface area contributed by atoms with E-state index < -0.39 is 20.0 Å². The number of nitrogens with one attached hydrogen (secondary N) is 1. The highest BCUT2D eigenvalue weighted by molar-refractivity contribution is 7.92. The van der Waals surface area contributed by atoms with Crippen LogP contribution in [0.2, 0.25) is 0 Å². The molecular formula is C17H20FN3O4S2. The minimum absolute atomic E-state index is 0.0842. The zero-order valence-corrected chi connectivity index (χ0v) is 16.3. The molecule has 1 aliphatic rings. The third kappa shape index (κ3) is 4.57. The van der Waals surface area contributed by atoms with Gasteiger partial charge in [-0.2, -0.15) is 4.31 Å². The van der Waals surface area contributed by atoms with Crippen LogP contribution in [0, 0.1) is 5.82 Å². The van der Waals surface area contributed by atoms with Crippen LogP contribution in [0.5, 0.6) is 0 Å². The molecule has 0 bridgehead atoms. The molecule has 10 heteroatoms. The lowest BCUT2D eigenvalue weighted by atomic mass is 10.2. The fourth-order valence-electron chi connectivity index (χ4n) is 2.94. The Kier molecular flexibility index (Phi) is 5.41. The Bertz CT molecular complexity index is 1020. The maximum atomic E-state index is 13.9. The molecule has 0 amide bonds. The van der Waals surface area contributed by atoms with Gasteiger partial charge in [0.2, 0.25) is 20.0 Å². The zero-order valence-electron chi connectivity index (χ0n) is 14.7. The number of hydrogen-bond acceptors (Lipinski definition) is 5. The van der Waals surface area contributed by atoms with Crippen LogP contribution in [0.4, 0.5) is 15.8 Å². The van der Waals surface area contributed by atoms with Crippen LogP contribution < -0.4 is 9.62 Å². The van der Waals surface area contributed by atoms with Crippen molar-refractivity contribution in [3.05, 3.63) is 54.3 Å². The predicted octanol–water partition coefficient (Wildman–Crippen LogP) is 1.71. The Labute approximate surface area is 158 Å². The number of piperazine rings is 1. The molecule has 1 heterocycles. The van der Waals surface area contributed by atoms with E-state index in [4.69, 9.17) is 0 Å². The molecule has 0 aliphatic carbocycles. The summed E-state index contributed by atoms with van der Waals surface area (Å²) in [5, 5.41) is 0. The van der Waals surface area contributed by atoms with Gasteiger partial charge < -0.3 is 4.90 Å². The van der Waals surface area contributed by atoms with Crippen molar-refractivity contribution in [2.75, 3.05) is 42.1 Å². The van der Waals surface area contributed by atoms with Gasteiger partial charge in [-0.15, -0.1) is 0 Å². The second-order valence-corrected chi connectivity index (χ2v) is 9.93. The Morgan fingerprint density at radius 2 is 1.48 bits per heavy atom. The summed E-state index contributed by atoms with van der Waals surface area (Å²) < 4.78 is 65.6. The molecule has 27 heavy (non-hydrogen) atoms. The van der Waals surface area contributed by atoms with E-state index in [0.29, 0.717) is 24.5 Å². The largest absolute Gasteiger partial charge is 0.367 e. The molecule has 0 atom stereocenters. The predicted molar refractivity (Wildman–Crippen MR) is 102 cm³/mol. The molecule has 0 aromatic heterocycles. The number of rotatable bonds is 5. The Morgan fingerprint density at radius 3 is 2.04 bits per heavy atom. The van der Waals surface area contributed by atoms with Gasteiger partial charge in [-0.1, -0.05) is 12.1 Å². The van der Waals surface area contributed by atoms with E-state index in [1.165, 1.54) is 34.6 Å². The molecule has 146 valence electrons. The molecule has 0 radical (unpaired) electrons. The molecule has 1 aliphatic heterocycles. The summed E-state index contributed by atoms with van der Waals surface area (Å²) in [5.74, 6) is -0.331. The van der Waals surface area contributed by atoms with Gasteiger partial charge in [-0.25, -0.2) is 21.2 Å². The fraction of sp³-hybridized carbons (Fsp3) is 0.294. The number of benzene rings is 2. The minimum Gasteiger partial charge on any atom is -0.367 e. The van der Waals surface area contributed by atoms with Gasteiger partial charge in [0, 0.05) is 31.9 Å². The minimum atomic E-state index is -3.70. The highest BCUT2D eigenvalue weighted by Gasteiger charge is 2.29. The van der Waals surface area contributed by atoms with Crippen molar-refractivity contribution in [1.82, 2.24) is 4.31 Å². The van der Waals surface area contributed by atoms with Crippen LogP contribution in [-0.2, 0) is 20.0 Å². The first-order chi connectivity index (χ1) is 12.7. The topological polar surface area (TPSA) is 86.8 Å². The quantitative estimate of drug-likeness (QED) is 0.806. The molecule has 3 rings (SSSR count). The monoisotopic (exact) mass is 413 g/mol. The van der Waals surface area contributed by atoms with E-state index in [-0.39, 0.29) is 23.8 Å². The van der Waals surface area contributed by atoms with Crippen molar-refractivity contribution in [3.63, 3.8) is 0 Å². The summed E-state index contributed by atoms with van der Waals surface area (Å²) >= 11 is 0. The van der Waals surface area contributed by atoms with Crippen LogP contribution in [0.25, 0.3) is 0 Å². The van der Waals surface area contributed by atoms with Crippen LogP contribution in [0.15, 0.2) is 53.4 Å². The van der Waals surface area contributed by atoms with Gasteiger partial charge in [0.1, 0.15) is 5.82 Å². The maximum absolute atomic E-state index is 13.9. The van der Waals surface area contributed by atoms with Crippen molar-refractivity contribution in [2.45, 2.75) is 4.90 Å². The Morgan fingerprint density at radius 1 is 0.889 bits per heavy atom. The average Bonchev–Trinajstić information content (AvgIpc) is 2.61. The summed E-state index contributed by atoms with van der Waals surface area (Å²) in [6.45, 7) is 1.24. The summed E-state index contributed by atoms with van der Waals surface area (Å²) in [7, 11) is -7.13. The highest BCUT2D eigenvalue weighted by atomic mass is 32.2. The van der Waals surface area contributed by atoms with Crippen LogP contribution >= 0.6 is 0 Å². The van der Waals surface area contributed by atoms with Gasteiger partial charge in [0.15, 0.2) is 0 Å². The first kappa shape index (κ1) is 19.6. The third-order valence-corrected chi connectivity index (χ3v) is 6.75. The molecular weight excluding hydrogens is 393 g/mol. The second-order valence-electron chi connectivity index (χ2n) is 6.24. The van der Waals surface area contributed by atoms with Crippen LogP contribution in [0.1, 0.15) is 0 Å². The standard InChI is InChI=1S/C17H20FN3O4S2/c1-26(22,23)19-14-6-8-15(9-7-14)27(24,25)21-12-10-20(11-13-21)17-5-3-2-4-16(17)18/h2-9,19H,10-13H2,1H3. The highest BCUT2D eigenvalue weighted by Crippen LogP contribution is 2.24. The van der Waals surface area contributed by atoms with Crippen molar-refractivity contribution < 1.29 is 21.2 Å². The van der Waals surface area contributed by atoms with Crippen LogP contribution in [-0.4, -0.2) is 53.6 Å². The number of halogens is 1. The number of para-hydroxylation sites is 1. The lowest BCUT2D eigenvalue weighted by Gasteiger charge is -2.35. The number of hydrogen-bond donors (Lipinski definition) is 1. The lowest BCUT2D eigenvalue weighted by molar-refractivity contribution is 0.383. The molecule has 2 aromatic carbocycles. The van der Waals surface area contributed by atoms with Crippen molar-refractivity contribution in [2.24, 2.45) is 0 Å². The normalized spacial score (nSPS) is 16.3. The van der Waals surface area contributed by atoms with Crippen molar-refractivity contribution in [1.29, 1.82) is 0 Å². The van der Waals surface area contributed by atoms with E-state index in [1.54, 1.807) is 18.2 Å². The van der Waals surface area contributed by atoms with E-state index in [9.17, 15) is 21.2 Å². The number of nitrogens with zero attached hydrogens (tertiary/aromatic N) is 2. The van der Waals surface area contributed by atoms with E-state index in [2.05, 4.69) is 4.72 Å². The van der Waals surface area contributed by atoms with Crippen molar-refractivity contribution >= 4 is 31.4 Å². The molecule has 1 N–H and O–H groups in total. The fourth-order valence-corrected chi connectivity index (χ4v) is 4.92. The molecule has 0 spiro atoms. The van der Waals surface area contributed by atoms with Gasteiger partial charge in [-0.05, 0) is 36.4 Å². The van der Waals surface area contributed by atoms with Crippen molar-refractivity contribution in [3.8, 4) is 0 Å². The zero-order chi connectivity index (χ0) is 19.7. The summed E-state index contributed by atoms with van der Waals surface area (Å²) in [5.41, 5.74) is 0.756. The van der Waals surface area contributed by atoms with Gasteiger partial charge >= 0.3 is 0 Å². The van der Waals surface area contributed by atoms with Gasteiger partial charge in [-0.3, -0.25) is 4.72 Å². The molecule has 0 unspecified atom stereocenters. The smallest absolute Gasteiger partial charge is 0.243 e. The van der Waals surface area contributed by atoms with Gasteiger partial charge in [0.05, 0.1) is 16.8 Å². The number of anilines is 2. The Balaban J connectivity index is 1.71. The summed E-state index contributed by atoms with van der Waals surface area (Å²) in [6.07, 6.45) is 1.02. The first-order valence-corrected chi connectivity index (χ1v) is 11.6. The first-order valence-electron chi connectivity index (χ1n) is 8.24. The van der Waals surface area contributed by atoms with Crippen LogP contribution in [0.3, 0.4) is 0 Å². The summed E-state index contributed by atoms with van der Waals surface area (Å²) in [4.78, 5) is 1.90. The Hall–Kier alpha value is -2.17. The average molecular weight is 413 g/mol. The third-order valence-electron chi connectivity index (χ3n) is 4.23. The SMILES string of the molecule is CS(=O)(=O)Nc1ccc(S(=O)(=O)N2CCN(c3ccccc3F)CC2)cc1. The van der Waals surface area contributed by atoms with E-state index in [0.717, 1.165) is 6.26 Å². The molecule has 1 fully saturated rings. The van der Waals surface area contributed by atoms with Gasteiger partial charge in [0.25, 0.3) is 0 Å². The lowest BCUT2D eigenvalue weighted by Crippen LogP contribution is -2.48. The molecule has 0 saturated carbocycles. The number of sulfonamides is 2.